The number of para-hydroxylation sites is 1. The van der Waals surface area contributed by atoms with Crippen LogP contribution in [0, 0.1) is 5.92 Å². The van der Waals surface area contributed by atoms with Crippen molar-refractivity contribution in [1.29, 1.82) is 0 Å². The van der Waals surface area contributed by atoms with Crippen LogP contribution in [0.4, 0.5) is 0 Å². The monoisotopic (exact) mass is 378 g/mol. The molecule has 2 atom stereocenters. The van der Waals surface area contributed by atoms with Gasteiger partial charge in [-0.05, 0) is 37.3 Å². The van der Waals surface area contributed by atoms with Crippen molar-refractivity contribution in [1.82, 2.24) is 9.88 Å². The molecule has 2 aliphatic rings. The van der Waals surface area contributed by atoms with Crippen molar-refractivity contribution in [3.63, 3.8) is 0 Å². The van der Waals surface area contributed by atoms with Crippen LogP contribution >= 0.6 is 11.3 Å². The largest absolute Gasteiger partial charge is 0.342 e. The summed E-state index contributed by atoms with van der Waals surface area (Å²) in [5.41, 5.74) is 1.03. The molecule has 2 aromatic rings. The highest BCUT2D eigenvalue weighted by atomic mass is 32.2. The molecule has 0 saturated carbocycles. The van der Waals surface area contributed by atoms with Gasteiger partial charge in [0.05, 0.1) is 26.7 Å². The van der Waals surface area contributed by atoms with Crippen LogP contribution in [0.5, 0.6) is 0 Å². The lowest BCUT2D eigenvalue weighted by atomic mass is 9.97. The van der Waals surface area contributed by atoms with Crippen molar-refractivity contribution >= 4 is 37.3 Å². The predicted molar refractivity (Wildman–Crippen MR) is 99.6 cm³/mol. The molecular formula is C18H22N2O3S2. The molecule has 3 heterocycles. The van der Waals surface area contributed by atoms with Gasteiger partial charge in [0.25, 0.3) is 0 Å². The van der Waals surface area contributed by atoms with Gasteiger partial charge in [0.2, 0.25) is 5.91 Å². The van der Waals surface area contributed by atoms with E-state index >= 15 is 0 Å². The number of carbonyl (C=O) groups is 1. The molecule has 1 aromatic heterocycles. The molecule has 0 radical (unpaired) electrons. The minimum Gasteiger partial charge on any atom is -0.342 e. The Bertz CT molecular complexity index is 858. The first-order valence-electron chi connectivity index (χ1n) is 8.84. The van der Waals surface area contributed by atoms with Gasteiger partial charge in [0.15, 0.2) is 9.84 Å². The number of sulfone groups is 1. The molecule has 0 bridgehead atoms. The second-order valence-electron chi connectivity index (χ2n) is 7.17. The number of amides is 1. The zero-order valence-corrected chi connectivity index (χ0v) is 15.7. The van der Waals surface area contributed by atoms with Gasteiger partial charge in [-0.1, -0.05) is 12.1 Å². The lowest BCUT2D eigenvalue weighted by molar-refractivity contribution is -0.133. The van der Waals surface area contributed by atoms with Gasteiger partial charge in [0, 0.05) is 25.4 Å². The Morgan fingerprint density at radius 2 is 2.12 bits per heavy atom. The number of thiazole rings is 1. The fraction of sp³-hybridized carbons (Fsp3) is 0.556. The second kappa shape index (κ2) is 6.68. The SMILES string of the molecule is O=C(C[C@H]1CCS(=O)(=O)C1)N1CCC[C@H](c2nc3ccccc3s2)C1. The van der Waals surface area contributed by atoms with E-state index in [1.165, 1.54) is 4.70 Å². The first kappa shape index (κ1) is 17.0. The third-order valence-electron chi connectivity index (χ3n) is 5.22. The van der Waals surface area contributed by atoms with Gasteiger partial charge in [-0.15, -0.1) is 11.3 Å². The number of carbonyl (C=O) groups excluding carboxylic acids is 1. The lowest BCUT2D eigenvalue weighted by Crippen LogP contribution is -2.39. The first-order valence-corrected chi connectivity index (χ1v) is 11.5. The van der Waals surface area contributed by atoms with E-state index in [1.807, 2.05) is 23.1 Å². The second-order valence-corrected chi connectivity index (χ2v) is 10.5. The molecule has 1 amide bonds. The quantitative estimate of drug-likeness (QED) is 0.824. The van der Waals surface area contributed by atoms with Gasteiger partial charge in [-0.2, -0.15) is 0 Å². The van der Waals surface area contributed by atoms with Gasteiger partial charge in [0.1, 0.15) is 0 Å². The highest BCUT2D eigenvalue weighted by Gasteiger charge is 2.32. The van der Waals surface area contributed by atoms with E-state index < -0.39 is 9.84 Å². The van der Waals surface area contributed by atoms with Crippen LogP contribution < -0.4 is 0 Å². The number of piperidine rings is 1. The minimum atomic E-state index is -2.92. The number of likely N-dealkylation sites (tertiary alicyclic amines) is 1. The Balaban J connectivity index is 1.42. The number of rotatable bonds is 3. The number of aromatic nitrogens is 1. The van der Waals surface area contributed by atoms with E-state index in [2.05, 4.69) is 6.07 Å². The van der Waals surface area contributed by atoms with Gasteiger partial charge in [-0.25, -0.2) is 13.4 Å². The Labute approximate surface area is 152 Å². The van der Waals surface area contributed by atoms with E-state index in [1.54, 1.807) is 11.3 Å². The van der Waals surface area contributed by atoms with Crippen LogP contribution in [0.1, 0.15) is 36.6 Å². The molecule has 134 valence electrons. The smallest absolute Gasteiger partial charge is 0.222 e. The fourth-order valence-corrected chi connectivity index (χ4v) is 6.83. The third-order valence-corrected chi connectivity index (χ3v) is 8.26. The van der Waals surface area contributed by atoms with Crippen LogP contribution in [-0.4, -0.2) is 48.8 Å². The summed E-state index contributed by atoms with van der Waals surface area (Å²) in [6.07, 6.45) is 3.03. The molecule has 0 unspecified atom stereocenters. The van der Waals surface area contributed by atoms with E-state index in [-0.39, 0.29) is 23.3 Å². The average Bonchev–Trinajstić information content (AvgIpc) is 3.18. The zero-order valence-electron chi connectivity index (χ0n) is 14.1. The van der Waals surface area contributed by atoms with Crippen molar-refractivity contribution in [2.75, 3.05) is 24.6 Å². The molecule has 4 rings (SSSR count). The summed E-state index contributed by atoms with van der Waals surface area (Å²) in [6.45, 7) is 1.48. The zero-order chi connectivity index (χ0) is 17.4. The Hall–Kier alpha value is -1.47. The molecular weight excluding hydrogens is 356 g/mol. The molecule has 2 saturated heterocycles. The summed E-state index contributed by atoms with van der Waals surface area (Å²) in [5.74, 6) is 0.809. The van der Waals surface area contributed by atoms with Crippen molar-refractivity contribution < 1.29 is 13.2 Å². The Kier molecular flexibility index (Phi) is 4.54. The van der Waals surface area contributed by atoms with E-state index in [4.69, 9.17) is 4.98 Å². The maximum Gasteiger partial charge on any atom is 0.222 e. The van der Waals surface area contributed by atoms with Crippen LogP contribution in [0.25, 0.3) is 10.2 Å². The van der Waals surface area contributed by atoms with Crippen molar-refractivity contribution in [3.05, 3.63) is 29.3 Å². The van der Waals surface area contributed by atoms with Crippen molar-refractivity contribution in [3.8, 4) is 0 Å². The highest BCUT2D eigenvalue weighted by molar-refractivity contribution is 7.91. The summed E-state index contributed by atoms with van der Waals surface area (Å²) in [6, 6.07) is 8.14. The molecule has 2 aliphatic heterocycles. The highest BCUT2D eigenvalue weighted by Crippen LogP contribution is 2.33. The standard InChI is InChI=1S/C18H22N2O3S2/c21-17(10-13-7-9-25(22,23)12-13)20-8-3-4-14(11-20)18-19-15-5-1-2-6-16(15)24-18/h1-2,5-6,13-14H,3-4,7-12H2/t13-,14+/m1/s1. The maximum atomic E-state index is 12.6. The molecule has 0 N–H and O–H groups in total. The number of hydrogen-bond donors (Lipinski definition) is 0. The van der Waals surface area contributed by atoms with Crippen molar-refractivity contribution in [2.24, 2.45) is 5.92 Å². The summed E-state index contributed by atoms with van der Waals surface area (Å²) in [7, 11) is -2.92. The van der Waals surface area contributed by atoms with Crippen LogP contribution in [0.3, 0.4) is 0 Å². The molecule has 0 aliphatic carbocycles. The first-order chi connectivity index (χ1) is 12.0. The number of fused-ring (bicyclic) bond motifs is 1. The molecule has 25 heavy (non-hydrogen) atoms. The molecule has 5 nitrogen and oxygen atoms in total. The molecule has 0 spiro atoms. The fourth-order valence-electron chi connectivity index (χ4n) is 3.88. The number of benzene rings is 1. The van der Waals surface area contributed by atoms with E-state index in [0.29, 0.717) is 25.3 Å². The normalized spacial score (nSPS) is 26.2. The number of nitrogens with zero attached hydrogens (tertiary/aromatic N) is 2. The van der Waals surface area contributed by atoms with Gasteiger partial charge >= 0.3 is 0 Å². The Morgan fingerprint density at radius 1 is 1.28 bits per heavy atom. The topological polar surface area (TPSA) is 67.3 Å². The lowest BCUT2D eigenvalue weighted by Gasteiger charge is -2.32. The minimum absolute atomic E-state index is 0.000303. The average molecular weight is 379 g/mol. The Morgan fingerprint density at radius 3 is 2.88 bits per heavy atom. The summed E-state index contributed by atoms with van der Waals surface area (Å²) in [5, 5.41) is 1.11. The van der Waals surface area contributed by atoms with E-state index in [0.717, 1.165) is 29.9 Å². The van der Waals surface area contributed by atoms with Crippen LogP contribution in [0.2, 0.25) is 0 Å². The third kappa shape index (κ3) is 3.72. The van der Waals surface area contributed by atoms with Crippen LogP contribution in [0.15, 0.2) is 24.3 Å². The molecule has 1 aromatic carbocycles. The summed E-state index contributed by atoms with van der Waals surface area (Å²) >= 11 is 1.72. The maximum absolute atomic E-state index is 12.6. The predicted octanol–water partition coefficient (Wildman–Crippen LogP) is 2.83. The van der Waals surface area contributed by atoms with Crippen molar-refractivity contribution in [2.45, 2.75) is 31.6 Å². The van der Waals surface area contributed by atoms with Gasteiger partial charge < -0.3 is 4.90 Å². The molecule has 7 heteroatoms. The van der Waals surface area contributed by atoms with Crippen LogP contribution in [-0.2, 0) is 14.6 Å². The summed E-state index contributed by atoms with van der Waals surface area (Å²) < 4.78 is 24.4. The summed E-state index contributed by atoms with van der Waals surface area (Å²) in [4.78, 5) is 19.3. The van der Waals surface area contributed by atoms with E-state index in [9.17, 15) is 13.2 Å². The number of hydrogen-bond acceptors (Lipinski definition) is 5. The molecule has 2 fully saturated rings. The van der Waals surface area contributed by atoms with Gasteiger partial charge in [-0.3, -0.25) is 4.79 Å².